The Labute approximate surface area is 107 Å². The molecule has 0 radical (unpaired) electrons. The van der Waals surface area contributed by atoms with Crippen LogP contribution in [0.5, 0.6) is 11.6 Å². The van der Waals surface area contributed by atoms with Crippen molar-refractivity contribution in [3.05, 3.63) is 15.3 Å². The average molecular weight is 363 g/mol. The number of carbonyl (C=O) groups is 1. The molecule has 0 aliphatic rings. The molecule has 5 nitrogen and oxygen atoms in total. The minimum Gasteiger partial charge on any atom is -0.494 e. The van der Waals surface area contributed by atoms with Crippen molar-refractivity contribution in [3.8, 4) is 11.6 Å². The number of aromatic carboxylic acids is 1. The summed E-state index contributed by atoms with van der Waals surface area (Å²) in [6.07, 6.45) is -4.05. The van der Waals surface area contributed by atoms with E-state index in [9.17, 15) is 18.0 Å². The van der Waals surface area contributed by atoms with Crippen molar-refractivity contribution in [3.63, 3.8) is 0 Å². The Morgan fingerprint density at radius 1 is 1.53 bits per heavy atom. The van der Waals surface area contributed by atoms with Crippen molar-refractivity contribution in [1.82, 2.24) is 4.98 Å². The SMILES string of the molecule is COc1cnc(OC(F)(F)F)c(C(=O)O)c1I. The van der Waals surface area contributed by atoms with Crippen LogP contribution in [0.3, 0.4) is 0 Å². The molecule has 9 heteroatoms. The van der Waals surface area contributed by atoms with Crippen LogP contribution in [0.25, 0.3) is 0 Å². The molecular weight excluding hydrogens is 358 g/mol. The van der Waals surface area contributed by atoms with Gasteiger partial charge >= 0.3 is 12.3 Å². The Hall–Kier alpha value is -1.26. The number of hydrogen-bond acceptors (Lipinski definition) is 4. The third-order valence-electron chi connectivity index (χ3n) is 1.59. The lowest BCUT2D eigenvalue weighted by Crippen LogP contribution is -2.20. The van der Waals surface area contributed by atoms with Crippen LogP contribution in [0.15, 0.2) is 6.20 Å². The number of halogens is 4. The predicted molar refractivity (Wildman–Crippen MR) is 57.1 cm³/mol. The molecule has 1 aromatic rings. The van der Waals surface area contributed by atoms with Crippen LogP contribution in [-0.2, 0) is 0 Å². The van der Waals surface area contributed by atoms with E-state index in [-0.39, 0.29) is 9.32 Å². The molecule has 1 N–H and O–H groups in total. The minimum absolute atomic E-state index is 0.0214. The lowest BCUT2D eigenvalue weighted by Gasteiger charge is -2.12. The molecule has 0 bridgehead atoms. The van der Waals surface area contributed by atoms with E-state index in [0.717, 1.165) is 6.20 Å². The number of carboxylic acid groups (broad SMARTS) is 1. The van der Waals surface area contributed by atoms with Gasteiger partial charge in [-0.2, -0.15) is 0 Å². The molecule has 0 aliphatic heterocycles. The maximum atomic E-state index is 12.0. The number of alkyl halides is 3. The molecule has 0 unspecified atom stereocenters. The van der Waals surface area contributed by atoms with E-state index in [2.05, 4.69) is 9.72 Å². The van der Waals surface area contributed by atoms with Gasteiger partial charge in [-0.25, -0.2) is 9.78 Å². The maximum absolute atomic E-state index is 12.0. The first-order valence-electron chi connectivity index (χ1n) is 3.97. The molecule has 0 aliphatic carbocycles. The first-order chi connectivity index (χ1) is 7.76. The number of aromatic nitrogens is 1. The van der Waals surface area contributed by atoms with E-state index < -0.39 is 23.8 Å². The summed E-state index contributed by atoms with van der Waals surface area (Å²) in [5, 5.41) is 8.82. The predicted octanol–water partition coefficient (Wildman–Crippen LogP) is 2.29. The summed E-state index contributed by atoms with van der Waals surface area (Å²) >= 11 is 1.54. The monoisotopic (exact) mass is 363 g/mol. The molecule has 17 heavy (non-hydrogen) atoms. The molecule has 0 spiro atoms. The Morgan fingerprint density at radius 3 is 2.53 bits per heavy atom. The Kier molecular flexibility index (Phi) is 4.01. The fourth-order valence-electron chi connectivity index (χ4n) is 0.970. The van der Waals surface area contributed by atoms with E-state index in [0.29, 0.717) is 0 Å². The second-order valence-electron chi connectivity index (χ2n) is 2.67. The first-order valence-corrected chi connectivity index (χ1v) is 5.05. The summed E-state index contributed by atoms with van der Waals surface area (Å²) in [6, 6.07) is 0. The third-order valence-corrected chi connectivity index (χ3v) is 2.67. The van der Waals surface area contributed by atoms with E-state index in [4.69, 9.17) is 9.84 Å². The highest BCUT2D eigenvalue weighted by molar-refractivity contribution is 14.1. The molecule has 0 aromatic carbocycles. The lowest BCUT2D eigenvalue weighted by atomic mass is 10.2. The summed E-state index contributed by atoms with van der Waals surface area (Å²) in [5.74, 6) is -2.55. The molecule has 1 rings (SSSR count). The summed E-state index contributed by atoms with van der Waals surface area (Å²) in [7, 11) is 1.25. The standard InChI is InChI=1S/C8H5F3INO4/c1-16-3-2-13-6(17-8(9,10)11)4(5(3)12)7(14)15/h2H,1H3,(H,14,15). The summed E-state index contributed by atoms with van der Waals surface area (Å²) in [4.78, 5) is 14.1. The van der Waals surface area contributed by atoms with Gasteiger partial charge in [-0.1, -0.05) is 0 Å². The molecule has 0 saturated heterocycles. The normalized spacial score (nSPS) is 11.1. The van der Waals surface area contributed by atoms with Crippen molar-refractivity contribution in [2.75, 3.05) is 7.11 Å². The van der Waals surface area contributed by atoms with Gasteiger partial charge in [0.25, 0.3) is 0 Å². The zero-order chi connectivity index (χ0) is 13.2. The van der Waals surface area contributed by atoms with Crippen LogP contribution in [0, 0.1) is 3.57 Å². The molecule has 0 fully saturated rings. The summed E-state index contributed by atoms with van der Waals surface area (Å²) < 4.78 is 44.3. The fourth-order valence-corrected chi connectivity index (χ4v) is 1.79. The largest absolute Gasteiger partial charge is 0.574 e. The third kappa shape index (κ3) is 3.35. The summed E-state index contributed by atoms with van der Waals surface area (Å²) in [5.41, 5.74) is -0.692. The van der Waals surface area contributed by atoms with Gasteiger partial charge in [0.1, 0.15) is 5.56 Å². The van der Waals surface area contributed by atoms with Crippen molar-refractivity contribution >= 4 is 28.6 Å². The zero-order valence-corrected chi connectivity index (χ0v) is 10.4. The molecule has 0 saturated carbocycles. The summed E-state index contributed by atoms with van der Waals surface area (Å²) in [6.45, 7) is 0. The number of rotatable bonds is 3. The highest BCUT2D eigenvalue weighted by Gasteiger charge is 2.35. The number of pyridine rings is 1. The van der Waals surface area contributed by atoms with E-state index in [1.54, 1.807) is 22.6 Å². The first kappa shape index (κ1) is 13.8. The van der Waals surface area contributed by atoms with Crippen LogP contribution in [-0.4, -0.2) is 29.5 Å². The Bertz CT molecular complexity index is 449. The van der Waals surface area contributed by atoms with Crippen LogP contribution < -0.4 is 9.47 Å². The Balaban J connectivity index is 3.32. The number of methoxy groups -OCH3 is 1. The van der Waals surface area contributed by atoms with Crippen molar-refractivity contribution in [2.24, 2.45) is 0 Å². The highest BCUT2D eigenvalue weighted by atomic mass is 127. The number of carboxylic acids is 1. The fraction of sp³-hybridized carbons (Fsp3) is 0.250. The molecule has 1 aromatic heterocycles. The van der Waals surface area contributed by atoms with Crippen LogP contribution in [0.2, 0.25) is 0 Å². The molecule has 0 amide bonds. The molecule has 1 heterocycles. The zero-order valence-electron chi connectivity index (χ0n) is 8.21. The van der Waals surface area contributed by atoms with Crippen molar-refractivity contribution in [2.45, 2.75) is 6.36 Å². The van der Waals surface area contributed by atoms with E-state index in [1.807, 2.05) is 0 Å². The second-order valence-corrected chi connectivity index (χ2v) is 3.75. The average Bonchev–Trinajstić information content (AvgIpc) is 2.14. The minimum atomic E-state index is -5.01. The van der Waals surface area contributed by atoms with Gasteiger partial charge in [0.15, 0.2) is 5.75 Å². The van der Waals surface area contributed by atoms with Crippen LogP contribution in [0.4, 0.5) is 13.2 Å². The van der Waals surface area contributed by atoms with Gasteiger partial charge in [-0.05, 0) is 22.6 Å². The maximum Gasteiger partial charge on any atom is 0.574 e. The van der Waals surface area contributed by atoms with Gasteiger partial charge in [0.05, 0.1) is 16.9 Å². The van der Waals surface area contributed by atoms with Crippen molar-refractivity contribution in [1.29, 1.82) is 0 Å². The molecule has 94 valence electrons. The quantitative estimate of drug-likeness (QED) is 0.835. The van der Waals surface area contributed by atoms with Gasteiger partial charge < -0.3 is 14.6 Å². The van der Waals surface area contributed by atoms with Gasteiger partial charge in [-0.3, -0.25) is 0 Å². The van der Waals surface area contributed by atoms with Gasteiger partial charge in [-0.15, -0.1) is 13.2 Å². The van der Waals surface area contributed by atoms with E-state index >= 15 is 0 Å². The number of hydrogen-bond donors (Lipinski definition) is 1. The highest BCUT2D eigenvalue weighted by Crippen LogP contribution is 2.32. The van der Waals surface area contributed by atoms with Crippen molar-refractivity contribution < 1.29 is 32.5 Å². The van der Waals surface area contributed by atoms with Gasteiger partial charge in [0.2, 0.25) is 5.88 Å². The number of ether oxygens (including phenoxy) is 2. The molecule has 0 atom stereocenters. The smallest absolute Gasteiger partial charge is 0.494 e. The van der Waals surface area contributed by atoms with Crippen LogP contribution >= 0.6 is 22.6 Å². The topological polar surface area (TPSA) is 68.7 Å². The lowest BCUT2D eigenvalue weighted by molar-refractivity contribution is -0.276. The second kappa shape index (κ2) is 4.94. The van der Waals surface area contributed by atoms with Crippen LogP contribution in [0.1, 0.15) is 10.4 Å². The van der Waals surface area contributed by atoms with E-state index in [1.165, 1.54) is 7.11 Å². The number of nitrogens with zero attached hydrogens (tertiary/aromatic N) is 1. The van der Waals surface area contributed by atoms with Gasteiger partial charge in [0, 0.05) is 0 Å². The Morgan fingerprint density at radius 2 is 2.12 bits per heavy atom. The molecular formula is C8H5F3INO4.